The molecule has 2 N–H and O–H groups in total. The average Bonchev–Trinajstić information content (AvgIpc) is 2.70. The number of phenols is 1. The SMILES string of the molecule is COc1cc(O)ccc1CNCC1CCCC1(C)C. The zero-order valence-corrected chi connectivity index (χ0v) is 12.2. The molecule has 1 aliphatic rings. The molecule has 1 saturated carbocycles. The summed E-state index contributed by atoms with van der Waals surface area (Å²) in [4.78, 5) is 0. The van der Waals surface area contributed by atoms with Gasteiger partial charge in [0.15, 0.2) is 0 Å². The lowest BCUT2D eigenvalue weighted by Crippen LogP contribution is -2.29. The summed E-state index contributed by atoms with van der Waals surface area (Å²) >= 11 is 0. The monoisotopic (exact) mass is 263 g/mol. The molecule has 0 aliphatic heterocycles. The van der Waals surface area contributed by atoms with Gasteiger partial charge in [0.2, 0.25) is 0 Å². The Morgan fingerprint density at radius 3 is 2.84 bits per heavy atom. The van der Waals surface area contributed by atoms with Gasteiger partial charge in [-0.25, -0.2) is 0 Å². The first-order valence-electron chi connectivity index (χ1n) is 7.09. The van der Waals surface area contributed by atoms with Crippen molar-refractivity contribution in [3.05, 3.63) is 23.8 Å². The number of hydrogen-bond donors (Lipinski definition) is 2. The van der Waals surface area contributed by atoms with Crippen LogP contribution < -0.4 is 10.1 Å². The molecule has 1 aromatic rings. The van der Waals surface area contributed by atoms with Crippen LogP contribution in [0, 0.1) is 11.3 Å². The van der Waals surface area contributed by atoms with E-state index in [4.69, 9.17) is 4.74 Å². The maximum absolute atomic E-state index is 9.43. The van der Waals surface area contributed by atoms with Crippen molar-refractivity contribution in [3.8, 4) is 11.5 Å². The van der Waals surface area contributed by atoms with Gasteiger partial charge in [-0.15, -0.1) is 0 Å². The second kappa shape index (κ2) is 5.83. The fourth-order valence-electron chi connectivity index (χ4n) is 3.04. The fraction of sp³-hybridized carbons (Fsp3) is 0.625. The maximum Gasteiger partial charge on any atom is 0.127 e. The molecule has 0 bridgehead atoms. The average molecular weight is 263 g/mol. The van der Waals surface area contributed by atoms with Crippen molar-refractivity contribution in [1.82, 2.24) is 5.32 Å². The highest BCUT2D eigenvalue weighted by molar-refractivity contribution is 5.39. The quantitative estimate of drug-likeness (QED) is 0.856. The van der Waals surface area contributed by atoms with E-state index >= 15 is 0 Å². The number of methoxy groups -OCH3 is 1. The van der Waals surface area contributed by atoms with Gasteiger partial charge in [0.05, 0.1) is 7.11 Å². The summed E-state index contributed by atoms with van der Waals surface area (Å²) in [6, 6.07) is 5.29. The second-order valence-electron chi connectivity index (χ2n) is 6.20. The van der Waals surface area contributed by atoms with E-state index in [0.29, 0.717) is 5.41 Å². The molecular formula is C16H25NO2. The molecule has 0 heterocycles. The van der Waals surface area contributed by atoms with Gasteiger partial charge in [-0.05, 0) is 36.8 Å². The molecule has 19 heavy (non-hydrogen) atoms. The highest BCUT2D eigenvalue weighted by Crippen LogP contribution is 2.42. The molecule has 1 unspecified atom stereocenters. The van der Waals surface area contributed by atoms with Crippen LogP contribution in [0.15, 0.2) is 18.2 Å². The molecule has 0 amide bonds. The molecular weight excluding hydrogens is 238 g/mol. The van der Waals surface area contributed by atoms with Gasteiger partial charge in [-0.2, -0.15) is 0 Å². The smallest absolute Gasteiger partial charge is 0.127 e. The summed E-state index contributed by atoms with van der Waals surface area (Å²) in [5, 5.41) is 13.0. The lowest BCUT2D eigenvalue weighted by atomic mass is 9.82. The number of ether oxygens (including phenoxy) is 1. The van der Waals surface area contributed by atoms with Crippen LogP contribution in [-0.4, -0.2) is 18.8 Å². The molecule has 0 aromatic heterocycles. The van der Waals surface area contributed by atoms with Crippen LogP contribution in [0.4, 0.5) is 0 Å². The number of benzene rings is 1. The standard InChI is InChI=1S/C16H25NO2/c1-16(2)8-4-5-13(16)11-17-10-12-6-7-14(18)9-15(12)19-3/h6-7,9,13,17-18H,4-5,8,10-11H2,1-3H3. The Balaban J connectivity index is 1.89. The largest absolute Gasteiger partial charge is 0.508 e. The first-order valence-corrected chi connectivity index (χ1v) is 7.09. The van der Waals surface area contributed by atoms with Crippen LogP contribution in [-0.2, 0) is 6.54 Å². The maximum atomic E-state index is 9.43. The summed E-state index contributed by atoms with van der Waals surface area (Å²) in [6.07, 6.45) is 4.01. The van der Waals surface area contributed by atoms with Crippen LogP contribution in [0.25, 0.3) is 0 Å². The minimum absolute atomic E-state index is 0.248. The molecule has 1 aliphatic carbocycles. The van der Waals surface area contributed by atoms with Crippen LogP contribution in [0.1, 0.15) is 38.7 Å². The number of hydrogen-bond acceptors (Lipinski definition) is 3. The third-order valence-electron chi connectivity index (χ3n) is 4.46. The Kier molecular flexibility index (Phi) is 4.35. The van der Waals surface area contributed by atoms with Crippen LogP contribution in [0.3, 0.4) is 0 Å². The topological polar surface area (TPSA) is 41.5 Å². The van der Waals surface area contributed by atoms with Crippen molar-refractivity contribution in [1.29, 1.82) is 0 Å². The van der Waals surface area contributed by atoms with Gasteiger partial charge in [0.1, 0.15) is 11.5 Å². The molecule has 2 rings (SSSR count). The first-order chi connectivity index (χ1) is 9.03. The van der Waals surface area contributed by atoms with Gasteiger partial charge < -0.3 is 15.2 Å². The van der Waals surface area contributed by atoms with Crippen LogP contribution in [0.5, 0.6) is 11.5 Å². The Morgan fingerprint density at radius 1 is 1.42 bits per heavy atom. The minimum Gasteiger partial charge on any atom is -0.508 e. The molecule has 0 radical (unpaired) electrons. The fourth-order valence-corrected chi connectivity index (χ4v) is 3.04. The third kappa shape index (κ3) is 3.41. The lowest BCUT2D eigenvalue weighted by molar-refractivity contribution is 0.251. The second-order valence-corrected chi connectivity index (χ2v) is 6.20. The van der Waals surface area contributed by atoms with Crippen LogP contribution in [0.2, 0.25) is 0 Å². The zero-order chi connectivity index (χ0) is 13.9. The van der Waals surface area contributed by atoms with E-state index in [0.717, 1.165) is 30.3 Å². The van der Waals surface area contributed by atoms with E-state index in [9.17, 15) is 5.11 Å². The highest BCUT2D eigenvalue weighted by atomic mass is 16.5. The number of aromatic hydroxyl groups is 1. The molecule has 0 spiro atoms. The number of rotatable bonds is 5. The Labute approximate surface area is 116 Å². The highest BCUT2D eigenvalue weighted by Gasteiger charge is 2.33. The van der Waals surface area contributed by atoms with E-state index < -0.39 is 0 Å². The first kappa shape index (κ1) is 14.2. The molecule has 3 heteroatoms. The van der Waals surface area contributed by atoms with E-state index in [1.807, 2.05) is 6.07 Å². The predicted octanol–water partition coefficient (Wildman–Crippen LogP) is 3.32. The normalized spacial score (nSPS) is 21.5. The van der Waals surface area contributed by atoms with Crippen molar-refractivity contribution < 1.29 is 9.84 Å². The van der Waals surface area contributed by atoms with Crippen molar-refractivity contribution >= 4 is 0 Å². The summed E-state index contributed by atoms with van der Waals surface area (Å²) in [5.74, 6) is 1.76. The van der Waals surface area contributed by atoms with Gasteiger partial charge in [-0.3, -0.25) is 0 Å². The van der Waals surface area contributed by atoms with Crippen molar-refractivity contribution in [2.45, 2.75) is 39.7 Å². The summed E-state index contributed by atoms with van der Waals surface area (Å²) in [6.45, 7) is 6.58. The third-order valence-corrected chi connectivity index (χ3v) is 4.46. The van der Waals surface area contributed by atoms with Crippen molar-refractivity contribution in [3.63, 3.8) is 0 Å². The van der Waals surface area contributed by atoms with Crippen LogP contribution >= 0.6 is 0 Å². The van der Waals surface area contributed by atoms with E-state index in [-0.39, 0.29) is 5.75 Å². The Hall–Kier alpha value is -1.22. The molecule has 1 atom stereocenters. The molecule has 1 fully saturated rings. The van der Waals surface area contributed by atoms with Crippen molar-refractivity contribution in [2.75, 3.05) is 13.7 Å². The Morgan fingerprint density at radius 2 is 2.21 bits per heavy atom. The zero-order valence-electron chi connectivity index (χ0n) is 12.2. The molecule has 3 nitrogen and oxygen atoms in total. The van der Waals surface area contributed by atoms with E-state index in [1.165, 1.54) is 19.3 Å². The van der Waals surface area contributed by atoms with Crippen molar-refractivity contribution in [2.24, 2.45) is 11.3 Å². The summed E-state index contributed by atoms with van der Waals surface area (Å²) < 4.78 is 5.29. The summed E-state index contributed by atoms with van der Waals surface area (Å²) in [7, 11) is 1.64. The number of phenolic OH excluding ortho intramolecular Hbond substituents is 1. The van der Waals surface area contributed by atoms with Gasteiger partial charge in [0, 0.05) is 18.2 Å². The summed E-state index contributed by atoms with van der Waals surface area (Å²) in [5.41, 5.74) is 1.56. The molecule has 106 valence electrons. The number of nitrogens with one attached hydrogen (secondary N) is 1. The Bertz CT molecular complexity index is 429. The minimum atomic E-state index is 0.248. The van der Waals surface area contributed by atoms with Gasteiger partial charge in [-0.1, -0.05) is 26.3 Å². The van der Waals surface area contributed by atoms with E-state index in [1.54, 1.807) is 19.2 Å². The van der Waals surface area contributed by atoms with Gasteiger partial charge >= 0.3 is 0 Å². The molecule has 1 aromatic carbocycles. The predicted molar refractivity (Wildman–Crippen MR) is 77.5 cm³/mol. The van der Waals surface area contributed by atoms with Gasteiger partial charge in [0.25, 0.3) is 0 Å². The van der Waals surface area contributed by atoms with E-state index in [2.05, 4.69) is 19.2 Å². The molecule has 0 saturated heterocycles. The lowest BCUT2D eigenvalue weighted by Gasteiger charge is -2.27.